The number of hydrogen-bond donors (Lipinski definition) is 2. The monoisotopic (exact) mass is 275 g/mol. The van der Waals surface area contributed by atoms with E-state index in [1.165, 1.54) is 5.56 Å². The summed E-state index contributed by atoms with van der Waals surface area (Å²) in [5.41, 5.74) is 4.21. The van der Waals surface area contributed by atoms with E-state index in [-0.39, 0.29) is 12.6 Å². The summed E-state index contributed by atoms with van der Waals surface area (Å²) in [5, 5.41) is 13.6. The molecule has 0 aliphatic heterocycles. The highest BCUT2D eigenvalue weighted by molar-refractivity contribution is 6.31. The van der Waals surface area contributed by atoms with Gasteiger partial charge in [0.1, 0.15) is 0 Å². The third-order valence-electron chi connectivity index (χ3n) is 3.14. The summed E-state index contributed by atoms with van der Waals surface area (Å²) in [5.74, 6) is 0. The second kappa shape index (κ2) is 6.09. The maximum Gasteiger partial charge on any atom is 0.0745 e. The minimum atomic E-state index is -0.153. The second-order valence-electron chi connectivity index (χ2n) is 4.76. The fraction of sp³-hybridized carbons (Fsp3) is 0.250. The molecule has 2 aromatic rings. The largest absolute Gasteiger partial charge is 0.394 e. The first-order chi connectivity index (χ1) is 9.10. The fourth-order valence-electron chi connectivity index (χ4n) is 2.00. The van der Waals surface area contributed by atoms with Crippen LogP contribution in [0.5, 0.6) is 0 Å². The van der Waals surface area contributed by atoms with Gasteiger partial charge in [-0.2, -0.15) is 0 Å². The Balaban J connectivity index is 2.22. The second-order valence-corrected chi connectivity index (χ2v) is 5.16. The van der Waals surface area contributed by atoms with Crippen molar-refractivity contribution in [3.63, 3.8) is 0 Å². The SMILES string of the molecule is Cc1cccc(NC(CO)c2ccc(C)c(Cl)c2)c1. The van der Waals surface area contributed by atoms with Crippen LogP contribution in [0, 0.1) is 13.8 Å². The number of nitrogens with one attached hydrogen (secondary N) is 1. The van der Waals surface area contributed by atoms with Crippen LogP contribution in [0.25, 0.3) is 0 Å². The quantitative estimate of drug-likeness (QED) is 0.880. The van der Waals surface area contributed by atoms with E-state index in [2.05, 4.69) is 11.4 Å². The van der Waals surface area contributed by atoms with E-state index in [0.29, 0.717) is 0 Å². The Bertz CT molecular complexity index is 568. The van der Waals surface area contributed by atoms with Crippen molar-refractivity contribution in [1.82, 2.24) is 0 Å². The first kappa shape index (κ1) is 13.9. The van der Waals surface area contributed by atoms with Crippen molar-refractivity contribution in [2.75, 3.05) is 11.9 Å². The highest BCUT2D eigenvalue weighted by Crippen LogP contribution is 2.24. The van der Waals surface area contributed by atoms with Crippen LogP contribution in [0.4, 0.5) is 5.69 Å². The molecule has 0 saturated carbocycles. The summed E-state index contributed by atoms with van der Waals surface area (Å²) in [6.45, 7) is 4.03. The van der Waals surface area contributed by atoms with E-state index in [1.807, 2.05) is 50.2 Å². The third-order valence-corrected chi connectivity index (χ3v) is 3.55. The van der Waals surface area contributed by atoms with Crippen LogP contribution in [0.1, 0.15) is 22.7 Å². The summed E-state index contributed by atoms with van der Waals surface area (Å²) in [4.78, 5) is 0. The molecule has 2 rings (SSSR count). The normalized spacial score (nSPS) is 12.2. The first-order valence-electron chi connectivity index (χ1n) is 6.30. The van der Waals surface area contributed by atoms with Gasteiger partial charge in [0.25, 0.3) is 0 Å². The molecular weight excluding hydrogens is 258 g/mol. The van der Waals surface area contributed by atoms with Crippen LogP contribution in [0.3, 0.4) is 0 Å². The van der Waals surface area contributed by atoms with E-state index in [4.69, 9.17) is 11.6 Å². The lowest BCUT2D eigenvalue weighted by atomic mass is 10.0. The van der Waals surface area contributed by atoms with Crippen LogP contribution in [0.15, 0.2) is 42.5 Å². The summed E-state index contributed by atoms with van der Waals surface area (Å²) < 4.78 is 0. The molecule has 1 unspecified atom stereocenters. The van der Waals surface area contributed by atoms with Crippen molar-refractivity contribution in [2.45, 2.75) is 19.9 Å². The molecule has 0 amide bonds. The van der Waals surface area contributed by atoms with Gasteiger partial charge in [-0.25, -0.2) is 0 Å². The number of halogens is 1. The Morgan fingerprint density at radius 1 is 1.16 bits per heavy atom. The number of aliphatic hydroxyl groups is 1. The van der Waals surface area contributed by atoms with Gasteiger partial charge in [-0.3, -0.25) is 0 Å². The number of hydrogen-bond acceptors (Lipinski definition) is 2. The highest BCUT2D eigenvalue weighted by Gasteiger charge is 2.11. The Labute approximate surface area is 119 Å². The molecule has 1 atom stereocenters. The molecule has 3 heteroatoms. The molecule has 2 nitrogen and oxygen atoms in total. The Kier molecular flexibility index (Phi) is 4.46. The predicted octanol–water partition coefficient (Wildman–Crippen LogP) is 4.10. The van der Waals surface area contributed by atoms with Gasteiger partial charge in [-0.05, 0) is 48.7 Å². The Morgan fingerprint density at radius 3 is 2.58 bits per heavy atom. The molecule has 0 aliphatic rings. The average Bonchev–Trinajstić information content (AvgIpc) is 2.39. The average molecular weight is 276 g/mol. The number of anilines is 1. The Morgan fingerprint density at radius 2 is 1.95 bits per heavy atom. The van der Waals surface area contributed by atoms with Crippen LogP contribution < -0.4 is 5.32 Å². The van der Waals surface area contributed by atoms with Crippen LogP contribution in [-0.2, 0) is 0 Å². The standard InChI is InChI=1S/C16H18ClNO/c1-11-4-3-5-14(8-11)18-16(10-19)13-7-6-12(2)15(17)9-13/h3-9,16,18-19H,10H2,1-2H3. The zero-order valence-electron chi connectivity index (χ0n) is 11.2. The van der Waals surface area contributed by atoms with Crippen molar-refractivity contribution < 1.29 is 5.11 Å². The number of aliphatic hydroxyl groups excluding tert-OH is 1. The van der Waals surface area contributed by atoms with Crippen molar-refractivity contribution in [3.8, 4) is 0 Å². The number of rotatable bonds is 4. The van der Waals surface area contributed by atoms with Crippen molar-refractivity contribution >= 4 is 17.3 Å². The van der Waals surface area contributed by atoms with E-state index in [9.17, 15) is 5.11 Å². The molecular formula is C16H18ClNO. The molecule has 0 spiro atoms. The lowest BCUT2D eigenvalue weighted by Gasteiger charge is -2.19. The predicted molar refractivity (Wildman–Crippen MR) is 80.8 cm³/mol. The van der Waals surface area contributed by atoms with Gasteiger partial charge in [0.15, 0.2) is 0 Å². The Hall–Kier alpha value is -1.51. The molecule has 0 aliphatic carbocycles. The first-order valence-corrected chi connectivity index (χ1v) is 6.68. The third kappa shape index (κ3) is 3.49. The van der Waals surface area contributed by atoms with Gasteiger partial charge in [-0.15, -0.1) is 0 Å². The van der Waals surface area contributed by atoms with Gasteiger partial charge in [0.2, 0.25) is 0 Å². The summed E-state index contributed by atoms with van der Waals surface area (Å²) in [6.07, 6.45) is 0. The molecule has 19 heavy (non-hydrogen) atoms. The van der Waals surface area contributed by atoms with E-state index in [1.54, 1.807) is 0 Å². The number of aryl methyl sites for hydroxylation is 2. The molecule has 2 N–H and O–H groups in total. The summed E-state index contributed by atoms with van der Waals surface area (Å²) >= 11 is 6.13. The topological polar surface area (TPSA) is 32.3 Å². The molecule has 0 fully saturated rings. The maximum atomic E-state index is 9.56. The summed E-state index contributed by atoms with van der Waals surface area (Å²) in [7, 11) is 0. The molecule has 0 radical (unpaired) electrons. The molecule has 0 saturated heterocycles. The van der Waals surface area contributed by atoms with E-state index in [0.717, 1.165) is 21.8 Å². The van der Waals surface area contributed by atoms with Crippen LogP contribution >= 0.6 is 11.6 Å². The van der Waals surface area contributed by atoms with E-state index >= 15 is 0 Å². The lowest BCUT2D eigenvalue weighted by molar-refractivity contribution is 0.276. The fourth-order valence-corrected chi connectivity index (χ4v) is 2.19. The highest BCUT2D eigenvalue weighted by atomic mass is 35.5. The molecule has 0 aromatic heterocycles. The van der Waals surface area contributed by atoms with Gasteiger partial charge in [0.05, 0.1) is 12.6 Å². The van der Waals surface area contributed by atoms with Crippen LogP contribution in [-0.4, -0.2) is 11.7 Å². The molecule has 2 aromatic carbocycles. The maximum absolute atomic E-state index is 9.56. The van der Waals surface area contributed by atoms with Gasteiger partial charge >= 0.3 is 0 Å². The van der Waals surface area contributed by atoms with Gasteiger partial charge in [-0.1, -0.05) is 35.9 Å². The summed E-state index contributed by atoms with van der Waals surface area (Å²) in [6, 6.07) is 13.8. The van der Waals surface area contributed by atoms with Crippen molar-refractivity contribution in [3.05, 3.63) is 64.2 Å². The van der Waals surface area contributed by atoms with Crippen LogP contribution in [0.2, 0.25) is 5.02 Å². The molecule has 0 bridgehead atoms. The molecule has 0 heterocycles. The van der Waals surface area contributed by atoms with Crippen molar-refractivity contribution in [2.24, 2.45) is 0 Å². The number of benzene rings is 2. The minimum absolute atomic E-state index is 0.0212. The van der Waals surface area contributed by atoms with Crippen molar-refractivity contribution in [1.29, 1.82) is 0 Å². The molecule has 100 valence electrons. The smallest absolute Gasteiger partial charge is 0.0745 e. The van der Waals surface area contributed by atoms with Gasteiger partial charge in [0, 0.05) is 10.7 Å². The van der Waals surface area contributed by atoms with Gasteiger partial charge < -0.3 is 10.4 Å². The zero-order valence-corrected chi connectivity index (χ0v) is 11.9. The zero-order chi connectivity index (χ0) is 13.8. The lowest BCUT2D eigenvalue weighted by Crippen LogP contribution is -2.15. The minimum Gasteiger partial charge on any atom is -0.394 e. The van der Waals surface area contributed by atoms with E-state index < -0.39 is 0 Å².